The molecule has 1 amide bonds. The number of hydrogen-bond acceptors (Lipinski definition) is 17. The standard InChI is InChI=1S/C21H31N7O14P2/c22-16-10-18(25-6-24-16)28(7-26-10)20-13(31)11(29)9(40-20)5-39-43(34,35)21(42-44(36,37)38)15-12(30)14(32)19(41-15)27-3-1-2-8(4-27)17(23)33/h4,6-7,9,11-15,19-21,29-32H,1-3,5H2,(H2,23,33)(H,34,35)(H2,22,24,25)(H2,36,37,38)/p-1/t9-,11-,12+,13-,14-,15-,19-,20-,21?/m1/s1. The zero-order valence-corrected chi connectivity index (χ0v) is 24.3. The maximum Gasteiger partial charge on any atom is 0.360 e. The van der Waals surface area contributed by atoms with Crippen molar-refractivity contribution in [2.75, 3.05) is 18.9 Å². The molecule has 0 spiro atoms. The van der Waals surface area contributed by atoms with Crippen LogP contribution in [0.3, 0.4) is 0 Å². The number of aromatic nitrogens is 4. The van der Waals surface area contributed by atoms with E-state index in [1.807, 2.05) is 0 Å². The van der Waals surface area contributed by atoms with E-state index in [0.717, 1.165) is 6.33 Å². The van der Waals surface area contributed by atoms with Crippen molar-refractivity contribution in [1.82, 2.24) is 24.4 Å². The van der Waals surface area contributed by atoms with E-state index in [1.165, 1.54) is 22.0 Å². The molecule has 10 N–H and O–H groups in total. The second kappa shape index (κ2) is 12.3. The van der Waals surface area contributed by atoms with Gasteiger partial charge >= 0.3 is 7.60 Å². The van der Waals surface area contributed by atoms with Crippen molar-refractivity contribution in [3.63, 3.8) is 0 Å². The number of phosphoric ester groups is 1. The highest BCUT2D eigenvalue weighted by Crippen LogP contribution is 2.56. The summed E-state index contributed by atoms with van der Waals surface area (Å²) in [6.07, 6.45) is -9.29. The van der Waals surface area contributed by atoms with Crippen LogP contribution in [0.2, 0.25) is 0 Å². The number of anilines is 1. The third-order valence-electron chi connectivity index (χ3n) is 7.37. The first kappa shape index (κ1) is 32.8. The molecule has 0 aromatic carbocycles. The predicted molar refractivity (Wildman–Crippen MR) is 140 cm³/mol. The molecule has 11 atom stereocenters. The molecule has 5 rings (SSSR count). The minimum Gasteiger partial charge on any atom is -0.756 e. The van der Waals surface area contributed by atoms with Crippen LogP contribution in [0.5, 0.6) is 0 Å². The van der Waals surface area contributed by atoms with Gasteiger partial charge in [0, 0.05) is 18.3 Å². The fraction of sp³-hybridized carbons (Fsp3) is 0.619. The fourth-order valence-corrected chi connectivity index (χ4v) is 7.56. The van der Waals surface area contributed by atoms with Crippen LogP contribution in [0.15, 0.2) is 24.4 Å². The average molecular weight is 666 g/mol. The maximum absolute atomic E-state index is 13.4. The van der Waals surface area contributed by atoms with E-state index in [0.29, 0.717) is 12.8 Å². The number of rotatable bonds is 10. The Kier molecular flexibility index (Phi) is 9.15. The topological polar surface area (TPSA) is 331 Å². The van der Waals surface area contributed by atoms with Crippen LogP contribution in [0.4, 0.5) is 5.82 Å². The predicted octanol–water partition coefficient (Wildman–Crippen LogP) is -4.06. The number of nitrogens with zero attached hydrogens (tertiary/aromatic N) is 5. The van der Waals surface area contributed by atoms with Gasteiger partial charge in [0.1, 0.15) is 48.5 Å². The number of ether oxygens (including phenoxy) is 2. The van der Waals surface area contributed by atoms with E-state index in [1.54, 1.807) is 0 Å². The van der Waals surface area contributed by atoms with Crippen LogP contribution in [0.25, 0.3) is 11.2 Å². The lowest BCUT2D eigenvalue weighted by Crippen LogP contribution is -2.44. The highest BCUT2D eigenvalue weighted by atomic mass is 31.2. The summed E-state index contributed by atoms with van der Waals surface area (Å²) < 4.78 is 46.9. The van der Waals surface area contributed by atoms with Crippen LogP contribution >= 0.6 is 15.4 Å². The average Bonchev–Trinajstić information content (AvgIpc) is 3.60. The number of carbonyl (C=O) groups excluding carboxylic acids is 1. The molecular formula is C21H30N7O14P2-. The fourth-order valence-electron chi connectivity index (χ4n) is 5.21. The summed E-state index contributed by atoms with van der Waals surface area (Å²) in [5.41, 5.74) is 11.6. The van der Waals surface area contributed by atoms with Gasteiger partial charge in [0.25, 0.3) is 7.82 Å². The molecule has 5 heterocycles. The normalized spacial score (nSPS) is 34.4. The second-order valence-electron chi connectivity index (χ2n) is 10.3. The Bertz CT molecular complexity index is 1520. The van der Waals surface area contributed by atoms with E-state index in [4.69, 9.17) is 25.5 Å². The molecule has 2 aromatic heterocycles. The van der Waals surface area contributed by atoms with Crippen LogP contribution in [0.1, 0.15) is 19.1 Å². The van der Waals surface area contributed by atoms with E-state index < -0.39 is 82.9 Å². The summed E-state index contributed by atoms with van der Waals surface area (Å²) >= 11 is 0. The third kappa shape index (κ3) is 6.38. The number of aliphatic hydroxyl groups is 4. The first-order valence-corrected chi connectivity index (χ1v) is 16.1. The number of hydrogen-bond donors (Lipinski definition) is 8. The smallest absolute Gasteiger partial charge is 0.360 e. The molecule has 0 bridgehead atoms. The summed E-state index contributed by atoms with van der Waals surface area (Å²) in [7, 11) is -11.2. The Morgan fingerprint density at radius 2 is 1.80 bits per heavy atom. The van der Waals surface area contributed by atoms with Crippen LogP contribution in [-0.2, 0) is 32.4 Å². The summed E-state index contributed by atoms with van der Waals surface area (Å²) in [5.74, 6) is -3.35. The van der Waals surface area contributed by atoms with Crippen LogP contribution < -0.4 is 16.4 Å². The lowest BCUT2D eigenvalue weighted by molar-refractivity contribution is -0.226. The molecule has 244 valence electrons. The van der Waals surface area contributed by atoms with E-state index in [-0.39, 0.29) is 29.1 Å². The van der Waals surface area contributed by atoms with E-state index >= 15 is 0 Å². The SMILES string of the molecule is NC(=O)C1=CN([C@@H]2O[C@@H](C(OP(=O)([O-])O)P(=O)(O)OC[C@H]3O[C@@H](n4cnc5c(N)ncnc54)[C@H](O)[C@@H]3O)[C@@H](O)[C@H]2O)CCC1. The highest BCUT2D eigenvalue weighted by molar-refractivity contribution is 7.54. The number of phosphoric acid groups is 1. The molecule has 3 aliphatic heterocycles. The van der Waals surface area contributed by atoms with E-state index in [2.05, 4.69) is 19.5 Å². The number of nitrogen functional groups attached to an aromatic ring is 1. The van der Waals surface area contributed by atoms with Gasteiger partial charge in [-0.25, -0.2) is 15.0 Å². The molecule has 0 aliphatic carbocycles. The zero-order valence-electron chi connectivity index (χ0n) is 22.5. The highest BCUT2D eigenvalue weighted by Gasteiger charge is 2.56. The van der Waals surface area contributed by atoms with Crippen molar-refractivity contribution in [3.05, 3.63) is 24.4 Å². The van der Waals surface area contributed by atoms with Gasteiger partial charge in [-0.05, 0) is 12.8 Å². The quantitative estimate of drug-likeness (QED) is 0.112. The van der Waals surface area contributed by atoms with Gasteiger partial charge in [0.2, 0.25) is 5.91 Å². The first-order valence-electron chi connectivity index (χ1n) is 13.0. The molecule has 0 saturated carbocycles. The maximum atomic E-state index is 13.4. The molecule has 21 nitrogen and oxygen atoms in total. The number of imidazole rings is 1. The number of primary amides is 1. The number of amides is 1. The van der Waals surface area contributed by atoms with Crippen molar-refractivity contribution in [2.24, 2.45) is 5.73 Å². The Balaban J connectivity index is 1.33. The number of aliphatic hydroxyl groups excluding tert-OH is 4. The summed E-state index contributed by atoms with van der Waals surface area (Å²) in [6.45, 7) is -0.756. The molecule has 44 heavy (non-hydrogen) atoms. The van der Waals surface area contributed by atoms with Gasteiger partial charge in [0.05, 0.1) is 12.9 Å². The minimum absolute atomic E-state index is 0.0294. The van der Waals surface area contributed by atoms with E-state index in [9.17, 15) is 49.0 Å². The lowest BCUT2D eigenvalue weighted by Gasteiger charge is -2.34. The molecule has 23 heteroatoms. The molecule has 2 aromatic rings. The lowest BCUT2D eigenvalue weighted by atomic mass is 10.1. The Morgan fingerprint density at radius 1 is 1.09 bits per heavy atom. The number of fused-ring (bicyclic) bond motifs is 1. The first-order chi connectivity index (χ1) is 20.6. The van der Waals surface area contributed by atoms with Crippen molar-refractivity contribution in [1.29, 1.82) is 0 Å². The summed E-state index contributed by atoms with van der Waals surface area (Å²) in [4.78, 5) is 56.6. The number of nitrogens with two attached hydrogens (primary N) is 2. The van der Waals surface area contributed by atoms with Crippen molar-refractivity contribution < 1.29 is 67.6 Å². The molecule has 2 saturated heterocycles. The summed E-state index contributed by atoms with van der Waals surface area (Å²) in [5, 5.41) is 42.5. The van der Waals surface area contributed by atoms with Crippen molar-refractivity contribution >= 4 is 38.3 Å². The molecular weight excluding hydrogens is 636 g/mol. The summed E-state index contributed by atoms with van der Waals surface area (Å²) in [6, 6.07) is 0. The van der Waals surface area contributed by atoms with Gasteiger partial charge in [-0.15, -0.1) is 0 Å². The molecule has 0 radical (unpaired) electrons. The van der Waals surface area contributed by atoms with Crippen molar-refractivity contribution in [3.8, 4) is 0 Å². The zero-order chi connectivity index (χ0) is 32.1. The Morgan fingerprint density at radius 3 is 2.48 bits per heavy atom. The Hall–Kier alpha value is -2.62. The second-order valence-corrected chi connectivity index (χ2v) is 13.3. The van der Waals surface area contributed by atoms with Gasteiger partial charge < -0.3 is 65.5 Å². The minimum atomic E-state index is -5.81. The van der Waals surface area contributed by atoms with Crippen molar-refractivity contribution in [2.45, 2.75) is 67.8 Å². The monoisotopic (exact) mass is 666 g/mol. The van der Waals surface area contributed by atoms with Gasteiger partial charge in [0.15, 0.2) is 29.8 Å². The molecule has 3 unspecified atom stereocenters. The molecule has 3 aliphatic rings. The van der Waals surface area contributed by atoms with Gasteiger partial charge in [-0.1, -0.05) is 0 Å². The van der Waals surface area contributed by atoms with Gasteiger partial charge in [-0.3, -0.25) is 23.0 Å². The third-order valence-corrected chi connectivity index (χ3v) is 9.59. The van der Waals surface area contributed by atoms with Crippen LogP contribution in [-0.4, -0.2) is 122 Å². The largest absolute Gasteiger partial charge is 0.756 e. The Labute approximate surface area is 247 Å². The van der Waals surface area contributed by atoms with Gasteiger partial charge in [-0.2, -0.15) is 0 Å². The van der Waals surface area contributed by atoms with Crippen LogP contribution in [0, 0.1) is 0 Å². The molecule has 2 fully saturated rings. The number of carbonyl (C=O) groups is 1.